The van der Waals surface area contributed by atoms with E-state index in [1.807, 2.05) is 31.2 Å². The molecule has 8 nitrogen and oxygen atoms in total. The molecule has 154 valence electrons. The van der Waals surface area contributed by atoms with Crippen molar-refractivity contribution in [3.05, 3.63) is 41.9 Å². The molecular weight excluding hydrogens is 372 g/mol. The molecule has 1 aromatic carbocycles. The van der Waals surface area contributed by atoms with Gasteiger partial charge >= 0.3 is 0 Å². The average Bonchev–Trinajstić information content (AvgIpc) is 3.17. The third-order valence-electron chi connectivity index (χ3n) is 5.13. The van der Waals surface area contributed by atoms with Crippen LogP contribution >= 0.6 is 0 Å². The number of likely N-dealkylation sites (tertiary alicyclic amines) is 1. The summed E-state index contributed by atoms with van der Waals surface area (Å²) in [5.74, 6) is 1.21. The lowest BCUT2D eigenvalue weighted by molar-refractivity contribution is -0.181. The number of hydrogen-bond acceptors (Lipinski definition) is 7. The molecule has 0 radical (unpaired) electrons. The van der Waals surface area contributed by atoms with Gasteiger partial charge in [0.2, 0.25) is 0 Å². The average molecular weight is 398 g/mol. The molecule has 2 fully saturated rings. The van der Waals surface area contributed by atoms with Gasteiger partial charge in [-0.1, -0.05) is 12.1 Å². The maximum atomic E-state index is 13.0. The van der Waals surface area contributed by atoms with Crippen LogP contribution in [0.15, 0.2) is 30.3 Å². The van der Waals surface area contributed by atoms with E-state index in [9.17, 15) is 4.79 Å². The van der Waals surface area contributed by atoms with Gasteiger partial charge in [0.25, 0.3) is 5.91 Å². The molecule has 0 bridgehead atoms. The van der Waals surface area contributed by atoms with Crippen LogP contribution in [0.5, 0.6) is 5.75 Å². The number of carbonyl (C=O) groups excluding carboxylic acids is 1. The molecule has 0 saturated carbocycles. The third kappa shape index (κ3) is 4.33. The maximum Gasteiger partial charge on any atom is 0.272 e. The molecule has 2 saturated heterocycles. The summed E-state index contributed by atoms with van der Waals surface area (Å²) in [6.07, 6.45) is 1.35. The second-order valence-corrected chi connectivity index (χ2v) is 7.14. The molecule has 8 heteroatoms. The third-order valence-corrected chi connectivity index (χ3v) is 5.13. The second kappa shape index (κ2) is 8.34. The molecule has 2 aliphatic heterocycles. The first-order chi connectivity index (χ1) is 14.1. The Hall–Kier alpha value is -2.71. The number of para-hydroxylation sites is 2. The Morgan fingerprint density at radius 1 is 1.21 bits per heavy atom. The van der Waals surface area contributed by atoms with Crippen LogP contribution in [-0.4, -0.2) is 59.5 Å². The van der Waals surface area contributed by atoms with Crippen LogP contribution in [0.4, 0.5) is 11.5 Å². The van der Waals surface area contributed by atoms with Crippen molar-refractivity contribution in [3.63, 3.8) is 0 Å². The first kappa shape index (κ1) is 19.6. The number of carbonyl (C=O) groups is 1. The standard InChI is InChI=1S/C21H26N4O4/c1-3-27-18-7-5-4-6-16(18)24-19-14-17(22-15(2)23-19)20(26)25-10-8-21(9-11-25)28-12-13-29-21/h4-7,14H,3,8-13H2,1-2H3,(H,22,23,24). The van der Waals surface area contributed by atoms with Crippen molar-refractivity contribution in [2.45, 2.75) is 32.5 Å². The van der Waals surface area contributed by atoms with Crippen LogP contribution in [0.1, 0.15) is 36.1 Å². The van der Waals surface area contributed by atoms with Gasteiger partial charge in [-0.05, 0) is 26.0 Å². The molecule has 1 aromatic heterocycles. The summed E-state index contributed by atoms with van der Waals surface area (Å²) < 4.78 is 17.1. The normalized spacial score (nSPS) is 18.1. The lowest BCUT2D eigenvalue weighted by Gasteiger charge is -2.37. The van der Waals surface area contributed by atoms with Crippen LogP contribution in [0.3, 0.4) is 0 Å². The van der Waals surface area contributed by atoms with E-state index in [1.165, 1.54) is 0 Å². The summed E-state index contributed by atoms with van der Waals surface area (Å²) in [5.41, 5.74) is 1.17. The number of amides is 1. The van der Waals surface area contributed by atoms with E-state index in [4.69, 9.17) is 14.2 Å². The van der Waals surface area contributed by atoms with E-state index < -0.39 is 5.79 Å². The fourth-order valence-corrected chi connectivity index (χ4v) is 3.73. The Bertz CT molecular complexity index is 873. The van der Waals surface area contributed by atoms with Crippen LogP contribution in [-0.2, 0) is 9.47 Å². The van der Waals surface area contributed by atoms with Gasteiger partial charge in [-0.3, -0.25) is 4.79 Å². The van der Waals surface area contributed by atoms with Gasteiger partial charge in [0, 0.05) is 32.0 Å². The first-order valence-electron chi connectivity index (χ1n) is 10.0. The SMILES string of the molecule is CCOc1ccccc1Nc1cc(C(=O)N2CCC3(CC2)OCCO3)nc(C)n1. The highest BCUT2D eigenvalue weighted by Crippen LogP contribution is 2.32. The predicted octanol–water partition coefficient (Wildman–Crippen LogP) is 2.91. The summed E-state index contributed by atoms with van der Waals surface area (Å²) in [6.45, 7) is 6.69. The summed E-state index contributed by atoms with van der Waals surface area (Å²) in [6, 6.07) is 9.32. The lowest BCUT2D eigenvalue weighted by Crippen LogP contribution is -2.47. The molecular formula is C21H26N4O4. The summed E-state index contributed by atoms with van der Waals surface area (Å²) in [4.78, 5) is 23.6. The molecule has 2 aliphatic rings. The molecule has 29 heavy (non-hydrogen) atoms. The predicted molar refractivity (Wildman–Crippen MR) is 107 cm³/mol. The van der Waals surface area contributed by atoms with Gasteiger partial charge in [0.15, 0.2) is 5.79 Å². The second-order valence-electron chi connectivity index (χ2n) is 7.14. The Morgan fingerprint density at radius 3 is 2.66 bits per heavy atom. The van der Waals surface area contributed by atoms with Gasteiger partial charge in [-0.25, -0.2) is 9.97 Å². The van der Waals surface area contributed by atoms with Gasteiger partial charge < -0.3 is 24.4 Å². The van der Waals surface area contributed by atoms with Crippen molar-refractivity contribution in [2.75, 3.05) is 38.2 Å². The summed E-state index contributed by atoms with van der Waals surface area (Å²) >= 11 is 0. The van der Waals surface area contributed by atoms with E-state index in [-0.39, 0.29) is 5.91 Å². The fourth-order valence-electron chi connectivity index (χ4n) is 3.73. The number of piperidine rings is 1. The maximum absolute atomic E-state index is 13.0. The number of hydrogen-bond donors (Lipinski definition) is 1. The van der Waals surface area contributed by atoms with Crippen molar-refractivity contribution < 1.29 is 19.0 Å². The molecule has 0 unspecified atom stereocenters. The number of rotatable bonds is 5. The van der Waals surface area contributed by atoms with E-state index >= 15 is 0 Å². The molecule has 1 spiro atoms. The molecule has 0 atom stereocenters. The lowest BCUT2D eigenvalue weighted by atomic mass is 10.0. The van der Waals surface area contributed by atoms with Crippen molar-refractivity contribution >= 4 is 17.4 Å². The minimum Gasteiger partial charge on any atom is -0.492 e. The molecule has 1 amide bonds. The minimum absolute atomic E-state index is 0.107. The van der Waals surface area contributed by atoms with Gasteiger partial charge in [0.1, 0.15) is 23.1 Å². The van der Waals surface area contributed by atoms with Crippen molar-refractivity contribution in [3.8, 4) is 5.75 Å². The van der Waals surface area contributed by atoms with Crippen LogP contribution in [0.25, 0.3) is 0 Å². The number of anilines is 2. The van der Waals surface area contributed by atoms with Gasteiger partial charge in [0.05, 0.1) is 25.5 Å². The van der Waals surface area contributed by atoms with E-state index in [1.54, 1.807) is 17.9 Å². The fraction of sp³-hybridized carbons (Fsp3) is 0.476. The summed E-state index contributed by atoms with van der Waals surface area (Å²) in [5, 5.41) is 3.25. The van der Waals surface area contributed by atoms with Crippen LogP contribution in [0.2, 0.25) is 0 Å². The van der Waals surface area contributed by atoms with Crippen molar-refractivity contribution in [1.29, 1.82) is 0 Å². The molecule has 4 rings (SSSR count). The number of ether oxygens (including phenoxy) is 3. The van der Waals surface area contributed by atoms with Gasteiger partial charge in [-0.2, -0.15) is 0 Å². The zero-order valence-electron chi connectivity index (χ0n) is 16.8. The highest BCUT2D eigenvalue weighted by atomic mass is 16.7. The van der Waals surface area contributed by atoms with Gasteiger partial charge in [-0.15, -0.1) is 0 Å². The van der Waals surface area contributed by atoms with E-state index in [0.717, 1.165) is 11.4 Å². The summed E-state index contributed by atoms with van der Waals surface area (Å²) in [7, 11) is 0. The Balaban J connectivity index is 1.49. The topological polar surface area (TPSA) is 85.8 Å². The van der Waals surface area contributed by atoms with Crippen molar-refractivity contribution in [1.82, 2.24) is 14.9 Å². The Morgan fingerprint density at radius 2 is 1.93 bits per heavy atom. The van der Waals surface area contributed by atoms with E-state index in [2.05, 4.69) is 15.3 Å². The number of nitrogens with one attached hydrogen (secondary N) is 1. The quantitative estimate of drug-likeness (QED) is 0.829. The van der Waals surface area contributed by atoms with Crippen molar-refractivity contribution in [2.24, 2.45) is 0 Å². The largest absolute Gasteiger partial charge is 0.492 e. The molecule has 2 aromatic rings. The smallest absolute Gasteiger partial charge is 0.272 e. The highest BCUT2D eigenvalue weighted by Gasteiger charge is 2.41. The van der Waals surface area contributed by atoms with Crippen LogP contribution in [0, 0.1) is 6.92 Å². The number of benzene rings is 1. The zero-order valence-corrected chi connectivity index (χ0v) is 16.8. The number of aryl methyl sites for hydroxylation is 1. The Kier molecular flexibility index (Phi) is 5.64. The Labute approximate surface area is 170 Å². The number of aromatic nitrogens is 2. The van der Waals surface area contributed by atoms with E-state index in [0.29, 0.717) is 63.1 Å². The first-order valence-corrected chi connectivity index (χ1v) is 10.0. The molecule has 1 N–H and O–H groups in total. The zero-order chi connectivity index (χ0) is 20.3. The highest BCUT2D eigenvalue weighted by molar-refractivity contribution is 5.93. The molecule has 0 aliphatic carbocycles. The minimum atomic E-state index is -0.506. The molecule has 3 heterocycles. The van der Waals surface area contributed by atoms with Crippen LogP contribution < -0.4 is 10.1 Å². The monoisotopic (exact) mass is 398 g/mol. The number of nitrogens with zero attached hydrogens (tertiary/aromatic N) is 3.